The average molecular weight is 374 g/mol. The van der Waals surface area contributed by atoms with E-state index in [0.717, 1.165) is 12.0 Å². The molecule has 0 bridgehead atoms. The average Bonchev–Trinajstić information content (AvgIpc) is 2.63. The van der Waals surface area contributed by atoms with Crippen molar-refractivity contribution in [3.63, 3.8) is 0 Å². The van der Waals surface area contributed by atoms with Gasteiger partial charge in [0.1, 0.15) is 0 Å². The third-order valence-electron chi connectivity index (χ3n) is 5.59. The molecule has 1 aliphatic carbocycles. The van der Waals surface area contributed by atoms with E-state index < -0.39 is 0 Å². The number of hydrogen-bond donors (Lipinski definition) is 2. The number of primary amides is 1. The molecule has 2 atom stereocenters. The minimum Gasteiger partial charge on any atom is -0.370 e. The fourth-order valence-electron chi connectivity index (χ4n) is 4.08. The molecule has 1 aromatic carbocycles. The van der Waals surface area contributed by atoms with Crippen LogP contribution in [0.3, 0.4) is 0 Å². The Morgan fingerprint density at radius 1 is 1.15 bits per heavy atom. The second-order valence-electron chi connectivity index (χ2n) is 8.76. The van der Waals surface area contributed by atoms with Gasteiger partial charge in [0, 0.05) is 25.6 Å². The Balaban J connectivity index is 1.98. The normalized spacial score (nSPS) is 20.3. The summed E-state index contributed by atoms with van der Waals surface area (Å²) in [6, 6.07) is 10.2. The molecule has 0 heterocycles. The first-order valence-electron chi connectivity index (χ1n) is 10.1. The maximum absolute atomic E-state index is 12.9. The molecule has 0 radical (unpaired) electrons. The van der Waals surface area contributed by atoms with E-state index in [1.54, 1.807) is 4.90 Å². The fourth-order valence-corrected chi connectivity index (χ4v) is 4.08. The Labute approximate surface area is 163 Å². The molecule has 1 saturated carbocycles. The molecular weight excluding hydrogens is 338 g/mol. The number of nitrogens with zero attached hydrogens (tertiary/aromatic N) is 1. The molecule has 27 heavy (non-hydrogen) atoms. The molecule has 2 unspecified atom stereocenters. The molecule has 1 aliphatic rings. The van der Waals surface area contributed by atoms with Gasteiger partial charge in [0.25, 0.3) is 0 Å². The summed E-state index contributed by atoms with van der Waals surface area (Å²) in [5, 5.41) is 3.52. The van der Waals surface area contributed by atoms with Crippen LogP contribution >= 0.6 is 0 Å². The van der Waals surface area contributed by atoms with Gasteiger partial charge in [0.2, 0.25) is 11.8 Å². The molecular formula is C22H35N3O2. The minimum absolute atomic E-state index is 0.0262. The van der Waals surface area contributed by atoms with Gasteiger partial charge < -0.3 is 16.0 Å². The molecule has 2 rings (SSSR count). The molecule has 5 heteroatoms. The van der Waals surface area contributed by atoms with Crippen molar-refractivity contribution >= 4 is 11.8 Å². The number of nitrogens with two attached hydrogens (primary N) is 1. The van der Waals surface area contributed by atoms with E-state index >= 15 is 0 Å². The van der Waals surface area contributed by atoms with Gasteiger partial charge in [0.05, 0.1) is 6.54 Å². The molecule has 1 fully saturated rings. The van der Waals surface area contributed by atoms with Crippen molar-refractivity contribution in [2.75, 3.05) is 13.1 Å². The van der Waals surface area contributed by atoms with Crippen LogP contribution in [0.1, 0.15) is 58.4 Å². The first kappa shape index (κ1) is 21.4. The number of benzene rings is 1. The maximum atomic E-state index is 12.9. The molecule has 1 aromatic rings. The highest BCUT2D eigenvalue weighted by Crippen LogP contribution is 2.37. The second kappa shape index (κ2) is 9.88. The van der Waals surface area contributed by atoms with E-state index in [1.165, 1.54) is 19.3 Å². The highest BCUT2D eigenvalue weighted by molar-refractivity contribution is 5.79. The molecule has 5 nitrogen and oxygen atoms in total. The van der Waals surface area contributed by atoms with Crippen LogP contribution < -0.4 is 11.1 Å². The van der Waals surface area contributed by atoms with Crippen LogP contribution in [-0.2, 0) is 16.1 Å². The van der Waals surface area contributed by atoms with Gasteiger partial charge in [-0.25, -0.2) is 0 Å². The molecule has 3 N–H and O–H groups in total. The second-order valence-corrected chi connectivity index (χ2v) is 8.76. The Morgan fingerprint density at radius 3 is 2.44 bits per heavy atom. The zero-order chi connectivity index (χ0) is 19.9. The standard InChI is InChI=1S/C22H35N3O2/c1-22(2,3)18-11-7-8-12-19(18)24-15-21(27)25(14-13-20(23)26)16-17-9-5-4-6-10-17/h4-6,9-10,18-19,24H,7-8,11-16H2,1-3H3,(H2,23,26). The van der Waals surface area contributed by atoms with Crippen molar-refractivity contribution in [2.45, 2.75) is 65.5 Å². The van der Waals surface area contributed by atoms with Crippen LogP contribution in [0, 0.1) is 11.3 Å². The van der Waals surface area contributed by atoms with E-state index in [0.29, 0.717) is 31.6 Å². The van der Waals surface area contributed by atoms with Crippen molar-refractivity contribution in [2.24, 2.45) is 17.1 Å². The van der Waals surface area contributed by atoms with E-state index in [-0.39, 0.29) is 23.7 Å². The minimum atomic E-state index is -0.381. The van der Waals surface area contributed by atoms with E-state index in [2.05, 4.69) is 26.1 Å². The monoisotopic (exact) mass is 373 g/mol. The topological polar surface area (TPSA) is 75.4 Å². The number of carbonyl (C=O) groups excluding carboxylic acids is 2. The summed E-state index contributed by atoms with van der Waals surface area (Å²) in [4.78, 5) is 25.8. The first-order chi connectivity index (χ1) is 12.8. The number of carbonyl (C=O) groups is 2. The smallest absolute Gasteiger partial charge is 0.236 e. The van der Waals surface area contributed by atoms with Gasteiger partial charge in [-0.1, -0.05) is 63.9 Å². The molecule has 0 aliphatic heterocycles. The summed E-state index contributed by atoms with van der Waals surface area (Å²) in [7, 11) is 0. The summed E-state index contributed by atoms with van der Waals surface area (Å²) in [5.41, 5.74) is 6.59. The van der Waals surface area contributed by atoms with Crippen LogP contribution in [0.15, 0.2) is 30.3 Å². The van der Waals surface area contributed by atoms with Crippen molar-refractivity contribution < 1.29 is 9.59 Å². The summed E-state index contributed by atoms with van der Waals surface area (Å²) in [5.74, 6) is 0.222. The predicted octanol–water partition coefficient (Wildman–Crippen LogP) is 3.09. The van der Waals surface area contributed by atoms with Crippen molar-refractivity contribution in [1.82, 2.24) is 10.2 Å². The van der Waals surface area contributed by atoms with Gasteiger partial charge in [-0.3, -0.25) is 9.59 Å². The number of amides is 2. The summed E-state index contributed by atoms with van der Waals surface area (Å²) in [6.45, 7) is 8.03. The Morgan fingerprint density at radius 2 is 1.81 bits per heavy atom. The molecule has 0 aromatic heterocycles. The lowest BCUT2D eigenvalue weighted by Crippen LogP contribution is -2.48. The van der Waals surface area contributed by atoms with Gasteiger partial charge in [-0.15, -0.1) is 0 Å². The summed E-state index contributed by atoms with van der Waals surface area (Å²) < 4.78 is 0. The lowest BCUT2D eigenvalue weighted by molar-refractivity contribution is -0.131. The van der Waals surface area contributed by atoms with Crippen LogP contribution in [-0.4, -0.2) is 35.8 Å². The lowest BCUT2D eigenvalue weighted by atomic mass is 9.69. The van der Waals surface area contributed by atoms with Crippen molar-refractivity contribution in [1.29, 1.82) is 0 Å². The van der Waals surface area contributed by atoms with Crippen LogP contribution in [0.2, 0.25) is 0 Å². The SMILES string of the molecule is CC(C)(C)C1CCCCC1NCC(=O)N(CCC(N)=O)Cc1ccccc1. The van der Waals surface area contributed by atoms with Crippen LogP contribution in [0.4, 0.5) is 0 Å². The van der Waals surface area contributed by atoms with Crippen molar-refractivity contribution in [3.05, 3.63) is 35.9 Å². The predicted molar refractivity (Wildman–Crippen MR) is 109 cm³/mol. The maximum Gasteiger partial charge on any atom is 0.236 e. The largest absolute Gasteiger partial charge is 0.370 e. The zero-order valence-corrected chi connectivity index (χ0v) is 17.0. The highest BCUT2D eigenvalue weighted by atomic mass is 16.2. The van der Waals surface area contributed by atoms with Gasteiger partial charge in [-0.2, -0.15) is 0 Å². The quantitative estimate of drug-likeness (QED) is 0.735. The number of hydrogen-bond acceptors (Lipinski definition) is 3. The first-order valence-corrected chi connectivity index (χ1v) is 10.1. The summed E-state index contributed by atoms with van der Waals surface area (Å²) >= 11 is 0. The lowest BCUT2D eigenvalue weighted by Gasteiger charge is -2.41. The van der Waals surface area contributed by atoms with E-state index in [9.17, 15) is 9.59 Å². The molecule has 0 saturated heterocycles. The Hall–Kier alpha value is -1.88. The summed E-state index contributed by atoms with van der Waals surface area (Å²) in [6.07, 6.45) is 5.01. The van der Waals surface area contributed by atoms with E-state index in [1.807, 2.05) is 30.3 Å². The molecule has 2 amide bonds. The Kier molecular flexibility index (Phi) is 7.84. The van der Waals surface area contributed by atoms with Gasteiger partial charge in [0.15, 0.2) is 0 Å². The number of rotatable bonds is 8. The molecule has 0 spiro atoms. The number of nitrogens with one attached hydrogen (secondary N) is 1. The van der Waals surface area contributed by atoms with Gasteiger partial charge >= 0.3 is 0 Å². The third-order valence-corrected chi connectivity index (χ3v) is 5.59. The fraction of sp³-hybridized carbons (Fsp3) is 0.636. The Bertz CT molecular complexity index is 610. The van der Waals surface area contributed by atoms with Gasteiger partial charge in [-0.05, 0) is 29.7 Å². The zero-order valence-electron chi connectivity index (χ0n) is 17.0. The third kappa shape index (κ3) is 6.98. The van der Waals surface area contributed by atoms with Crippen molar-refractivity contribution in [3.8, 4) is 0 Å². The van der Waals surface area contributed by atoms with Crippen LogP contribution in [0.5, 0.6) is 0 Å². The molecule has 150 valence electrons. The van der Waals surface area contributed by atoms with Crippen LogP contribution in [0.25, 0.3) is 0 Å². The highest BCUT2D eigenvalue weighted by Gasteiger charge is 2.34. The van der Waals surface area contributed by atoms with E-state index in [4.69, 9.17) is 5.73 Å².